The molecular formula is C40H55ClFN3O8S. The molecule has 1 amide bonds. The summed E-state index contributed by atoms with van der Waals surface area (Å²) in [4.78, 5) is 18.0. The Kier molecular flexibility index (Phi) is 13.0. The van der Waals surface area contributed by atoms with Gasteiger partial charge in [0.15, 0.2) is 5.60 Å². The molecule has 1 aliphatic carbocycles. The van der Waals surface area contributed by atoms with Crippen LogP contribution in [0.3, 0.4) is 0 Å². The molecule has 0 radical (unpaired) electrons. The Morgan fingerprint density at radius 2 is 1.85 bits per heavy atom. The van der Waals surface area contributed by atoms with Gasteiger partial charge in [-0.25, -0.2) is 17.5 Å². The Labute approximate surface area is 324 Å². The zero-order valence-electron chi connectivity index (χ0n) is 32.1. The number of amides is 1. The molecule has 14 heteroatoms. The van der Waals surface area contributed by atoms with Gasteiger partial charge >= 0.3 is 0 Å². The van der Waals surface area contributed by atoms with Crippen LogP contribution in [0.4, 0.5) is 10.1 Å². The first-order chi connectivity index (χ1) is 25.9. The summed E-state index contributed by atoms with van der Waals surface area (Å²) in [5.41, 5.74) is 1.29. The summed E-state index contributed by atoms with van der Waals surface area (Å²) < 4.78 is 77.2. The molecule has 0 saturated carbocycles. The molecular weight excluding hydrogens is 737 g/mol. The van der Waals surface area contributed by atoms with Crippen molar-refractivity contribution in [3.8, 4) is 5.75 Å². The van der Waals surface area contributed by atoms with Crippen LogP contribution in [0.2, 0.25) is 5.02 Å². The Balaban J connectivity index is 1.49. The average molecular weight is 792 g/mol. The van der Waals surface area contributed by atoms with E-state index in [9.17, 15) is 13.2 Å². The number of carbonyl (C=O) groups is 1. The number of carbonyl (C=O) groups excluding carboxylic acids is 1. The minimum absolute atomic E-state index is 0.0923. The van der Waals surface area contributed by atoms with E-state index >= 15 is 4.39 Å². The van der Waals surface area contributed by atoms with Gasteiger partial charge in [0.25, 0.3) is 5.91 Å². The summed E-state index contributed by atoms with van der Waals surface area (Å²) in [7, 11) is 0.630. The number of hydrogen-bond donors (Lipinski definition) is 1. The SMILES string of the molecule is COCCN(CCOC)CC1(OC)/C(F)=C/C[C@H](C)[C@@H](C)S(=O)(=O)NC(=O)c2ccc3c(c2)N(C[C@@H]2CCO[C@H]21)C[C@@]1(CCCc2cc(Cl)ccc21)CO3. The molecule has 1 saturated heterocycles. The van der Waals surface area contributed by atoms with Crippen molar-refractivity contribution in [3.05, 3.63) is 70.0 Å². The third-order valence-corrected chi connectivity index (χ3v) is 14.2. The fourth-order valence-corrected chi connectivity index (χ4v) is 10.2. The third-order valence-electron chi connectivity index (χ3n) is 12.1. The molecule has 6 atom stereocenters. The fourth-order valence-electron chi connectivity index (χ4n) is 8.74. The smallest absolute Gasteiger partial charge is 0.264 e. The van der Waals surface area contributed by atoms with Gasteiger partial charge in [0, 0.05) is 82.6 Å². The first-order valence-electron chi connectivity index (χ1n) is 19.0. The number of anilines is 1. The predicted octanol–water partition coefficient (Wildman–Crippen LogP) is 5.54. The van der Waals surface area contributed by atoms with Gasteiger partial charge in [-0.05, 0) is 92.5 Å². The minimum Gasteiger partial charge on any atom is -0.490 e. The van der Waals surface area contributed by atoms with Gasteiger partial charge in [-0.15, -0.1) is 0 Å². The molecule has 3 aliphatic heterocycles. The zero-order valence-corrected chi connectivity index (χ0v) is 33.6. The molecule has 2 aromatic rings. The van der Waals surface area contributed by atoms with Crippen LogP contribution in [0.5, 0.6) is 5.75 Å². The molecule has 1 unspecified atom stereocenters. The topological polar surface area (TPSA) is 116 Å². The van der Waals surface area contributed by atoms with Gasteiger partial charge in [0.1, 0.15) is 11.6 Å². The number of fused-ring (bicyclic) bond motifs is 4. The summed E-state index contributed by atoms with van der Waals surface area (Å²) in [5.74, 6) is -1.41. The van der Waals surface area contributed by atoms with Crippen molar-refractivity contribution in [2.24, 2.45) is 11.8 Å². The van der Waals surface area contributed by atoms with Crippen LogP contribution < -0.4 is 14.4 Å². The summed E-state index contributed by atoms with van der Waals surface area (Å²) in [6, 6.07) is 11.1. The van der Waals surface area contributed by atoms with E-state index < -0.39 is 50.0 Å². The van der Waals surface area contributed by atoms with Gasteiger partial charge < -0.3 is 28.6 Å². The first-order valence-corrected chi connectivity index (χ1v) is 20.9. The third kappa shape index (κ3) is 8.33. The number of allylic oxidation sites excluding steroid dienone is 1. The van der Waals surface area contributed by atoms with Crippen LogP contribution in [0.1, 0.15) is 61.0 Å². The Morgan fingerprint density at radius 1 is 1.09 bits per heavy atom. The van der Waals surface area contributed by atoms with Crippen molar-refractivity contribution < 1.29 is 41.3 Å². The van der Waals surface area contributed by atoms with Crippen molar-refractivity contribution in [3.63, 3.8) is 0 Å². The predicted molar refractivity (Wildman–Crippen MR) is 207 cm³/mol. The van der Waals surface area contributed by atoms with Crippen molar-refractivity contribution >= 4 is 33.2 Å². The Bertz CT molecular complexity index is 1790. The van der Waals surface area contributed by atoms with E-state index in [0.717, 1.165) is 19.3 Å². The van der Waals surface area contributed by atoms with Gasteiger partial charge in [0.2, 0.25) is 10.0 Å². The molecule has 1 fully saturated rings. The van der Waals surface area contributed by atoms with Gasteiger partial charge in [-0.3, -0.25) is 9.69 Å². The highest BCUT2D eigenvalue weighted by atomic mass is 35.5. The molecule has 2 aromatic carbocycles. The number of nitrogens with one attached hydrogen (secondary N) is 1. The number of methoxy groups -OCH3 is 3. The van der Waals surface area contributed by atoms with E-state index in [4.69, 9.17) is 35.3 Å². The number of hydrogen-bond acceptors (Lipinski definition) is 10. The highest BCUT2D eigenvalue weighted by Gasteiger charge is 2.52. The van der Waals surface area contributed by atoms with Crippen LogP contribution in [0.15, 0.2) is 48.3 Å². The number of sulfonamides is 1. The maximum absolute atomic E-state index is 17.3. The number of rotatable bonds is 9. The molecule has 1 N–H and O–H groups in total. The van der Waals surface area contributed by atoms with E-state index in [2.05, 4.69) is 20.6 Å². The maximum atomic E-state index is 17.3. The molecule has 298 valence electrons. The van der Waals surface area contributed by atoms with E-state index in [0.29, 0.717) is 75.5 Å². The highest BCUT2D eigenvalue weighted by molar-refractivity contribution is 7.90. The summed E-state index contributed by atoms with van der Waals surface area (Å²) >= 11 is 6.48. The second-order valence-corrected chi connectivity index (χ2v) is 17.9. The zero-order chi connectivity index (χ0) is 38.7. The number of benzene rings is 2. The van der Waals surface area contributed by atoms with E-state index in [1.165, 1.54) is 31.2 Å². The molecule has 2 bridgehead atoms. The Hall–Kier alpha value is -2.78. The fraction of sp³-hybridized carbons (Fsp3) is 0.625. The van der Waals surface area contributed by atoms with Crippen LogP contribution in [-0.2, 0) is 40.8 Å². The van der Waals surface area contributed by atoms with E-state index in [1.54, 1.807) is 39.3 Å². The van der Waals surface area contributed by atoms with Crippen molar-refractivity contribution in [1.82, 2.24) is 9.62 Å². The van der Waals surface area contributed by atoms with Crippen LogP contribution in [0.25, 0.3) is 0 Å². The lowest BCUT2D eigenvalue weighted by Crippen LogP contribution is -2.58. The molecule has 3 heterocycles. The first kappa shape index (κ1) is 40.9. The standard InChI is InChI=1S/C40H55ClFN3O8S/c1-27-8-13-36(42)40(51-5,25-44(16-19-49-3)17-20-50-4)37-31(14-18-52-37)23-45-24-39(15-6-7-29-21-32(41)10-11-33(29)39)26-53-35-12-9-30(22-34(35)45)38(46)43-54(47,48)28(27)2/h9-13,21-22,27-28,31,37H,6-8,14-20,23-26H2,1-5H3,(H,43,46)/b36-13-/t27-,28+,31-,37+,39-,40?/m0/s1. The highest BCUT2D eigenvalue weighted by Crippen LogP contribution is 2.46. The molecule has 54 heavy (non-hydrogen) atoms. The van der Waals surface area contributed by atoms with Crippen molar-refractivity contribution in [2.75, 3.05) is 85.4 Å². The van der Waals surface area contributed by atoms with Crippen molar-refractivity contribution in [2.45, 2.75) is 68.3 Å². The number of halogens is 2. The van der Waals surface area contributed by atoms with Gasteiger partial charge in [0.05, 0.1) is 36.9 Å². The molecule has 0 aromatic heterocycles. The number of nitrogens with zero attached hydrogens (tertiary/aromatic N) is 2. The van der Waals surface area contributed by atoms with Crippen molar-refractivity contribution in [1.29, 1.82) is 0 Å². The van der Waals surface area contributed by atoms with Gasteiger partial charge in [-0.1, -0.05) is 24.6 Å². The molecule has 1 spiro atoms. The van der Waals surface area contributed by atoms with E-state index in [1.807, 2.05) is 12.1 Å². The molecule has 6 rings (SSSR count). The quantitative estimate of drug-likeness (QED) is 0.348. The van der Waals surface area contributed by atoms with E-state index in [-0.39, 0.29) is 24.4 Å². The summed E-state index contributed by atoms with van der Waals surface area (Å²) in [6.45, 7) is 7.07. The second kappa shape index (κ2) is 17.2. The monoisotopic (exact) mass is 791 g/mol. The number of ether oxygens (including phenoxy) is 5. The minimum atomic E-state index is -4.14. The lowest BCUT2D eigenvalue weighted by atomic mass is 9.70. The summed E-state index contributed by atoms with van der Waals surface area (Å²) in [5, 5.41) is -0.323. The normalized spacial score (nSPS) is 30.9. The second-order valence-electron chi connectivity index (χ2n) is 15.4. The lowest BCUT2D eigenvalue weighted by Gasteiger charge is -2.44. The number of aryl methyl sites for hydroxylation is 1. The molecule has 11 nitrogen and oxygen atoms in total. The maximum Gasteiger partial charge on any atom is 0.264 e. The average Bonchev–Trinajstić information content (AvgIpc) is 3.57. The Morgan fingerprint density at radius 3 is 2.57 bits per heavy atom. The largest absolute Gasteiger partial charge is 0.490 e. The lowest BCUT2D eigenvalue weighted by molar-refractivity contribution is -0.124. The summed E-state index contributed by atoms with van der Waals surface area (Å²) in [6.07, 6.45) is 4.20. The van der Waals surface area contributed by atoms with Gasteiger partial charge in [-0.2, -0.15) is 0 Å². The molecule has 4 aliphatic rings. The van der Waals surface area contributed by atoms with Crippen LogP contribution in [0, 0.1) is 11.8 Å². The van der Waals surface area contributed by atoms with Crippen LogP contribution in [-0.4, -0.2) is 117 Å². The van der Waals surface area contributed by atoms with Crippen LogP contribution >= 0.6 is 11.6 Å².